The molecule has 0 radical (unpaired) electrons. The lowest BCUT2D eigenvalue weighted by Gasteiger charge is -2.26. The Morgan fingerprint density at radius 2 is 1.82 bits per heavy atom. The first-order valence-corrected chi connectivity index (χ1v) is 13.7. The number of nitrogens with zero attached hydrogens (tertiary/aromatic N) is 1. The van der Waals surface area contributed by atoms with Gasteiger partial charge < -0.3 is 24.8 Å². The zero-order valence-electron chi connectivity index (χ0n) is 22.3. The van der Waals surface area contributed by atoms with Crippen molar-refractivity contribution < 1.29 is 23.8 Å². The lowest BCUT2D eigenvalue weighted by atomic mass is 10.0. The topological polar surface area (TPSA) is 98.2 Å². The van der Waals surface area contributed by atoms with Crippen molar-refractivity contribution >= 4 is 35.7 Å². The molecule has 1 atom stereocenters. The van der Waals surface area contributed by atoms with Crippen molar-refractivity contribution in [2.45, 2.75) is 43.4 Å². The summed E-state index contributed by atoms with van der Waals surface area (Å²) in [5.74, 6) is 0.703. The number of carbonyl (C=O) groups is 2. The average molecular weight is 548 g/mol. The molecule has 0 aromatic heterocycles. The Kier molecular flexibility index (Phi) is 9.49. The van der Waals surface area contributed by atoms with E-state index < -0.39 is 17.4 Å². The highest BCUT2D eigenvalue weighted by atomic mass is 32.2. The van der Waals surface area contributed by atoms with Crippen LogP contribution in [-0.4, -0.2) is 43.2 Å². The minimum atomic E-state index is -0.739. The van der Waals surface area contributed by atoms with Gasteiger partial charge in [0.05, 0.1) is 13.7 Å². The van der Waals surface area contributed by atoms with E-state index in [1.54, 1.807) is 37.1 Å². The molecule has 3 aromatic carbocycles. The van der Waals surface area contributed by atoms with Crippen LogP contribution in [0.1, 0.15) is 37.5 Å². The molecule has 4 rings (SSSR count). The Labute approximate surface area is 233 Å². The third-order valence-electron chi connectivity index (χ3n) is 6.14. The Hall–Kier alpha value is -3.98. The van der Waals surface area contributed by atoms with E-state index in [2.05, 4.69) is 15.6 Å². The van der Waals surface area contributed by atoms with Gasteiger partial charge in [-0.15, -0.1) is 11.8 Å². The molecule has 2 amide bonds. The molecule has 3 aromatic rings. The average Bonchev–Trinajstić information content (AvgIpc) is 3.47. The highest BCUT2D eigenvalue weighted by molar-refractivity contribution is 7.99. The number of amides is 2. The van der Waals surface area contributed by atoms with Gasteiger partial charge in [-0.05, 0) is 62.2 Å². The highest BCUT2D eigenvalue weighted by Crippen LogP contribution is 2.32. The summed E-state index contributed by atoms with van der Waals surface area (Å²) in [5.41, 5.74) is 1.84. The standard InChI is InChI=1S/C30H33N3O5S/c1-30(2,15-16-39-24-12-10-23(11-13-24)37-19-21-7-5-4-6-8-21)33-29(35)28(34)32-22-9-14-25(26(17-22)36-3)27-18-31-20-38-27/h4-14,17,20,27H,15-16,18-19H2,1-3H3,(H,32,34)(H,33,35). The second-order valence-corrected chi connectivity index (χ2v) is 10.9. The van der Waals surface area contributed by atoms with Crippen molar-refractivity contribution in [3.8, 4) is 11.5 Å². The number of ether oxygens (including phenoxy) is 3. The minimum absolute atomic E-state index is 0.224. The lowest BCUT2D eigenvalue weighted by molar-refractivity contribution is -0.137. The summed E-state index contributed by atoms with van der Waals surface area (Å²) in [5, 5.41) is 5.48. The van der Waals surface area contributed by atoms with Crippen molar-refractivity contribution in [2.24, 2.45) is 4.99 Å². The fraction of sp³-hybridized carbons (Fsp3) is 0.300. The number of hydrogen-bond donors (Lipinski definition) is 2. The smallest absolute Gasteiger partial charge is 0.313 e. The van der Waals surface area contributed by atoms with Crippen molar-refractivity contribution in [2.75, 3.05) is 24.7 Å². The fourth-order valence-corrected chi connectivity index (χ4v) is 5.11. The van der Waals surface area contributed by atoms with Gasteiger partial charge in [0.15, 0.2) is 6.40 Å². The first-order chi connectivity index (χ1) is 18.8. The highest BCUT2D eigenvalue weighted by Gasteiger charge is 2.25. The number of carbonyl (C=O) groups excluding carboxylic acids is 2. The third kappa shape index (κ3) is 8.25. The van der Waals surface area contributed by atoms with Crippen LogP contribution < -0.4 is 20.1 Å². The second-order valence-electron chi connectivity index (χ2n) is 9.69. The van der Waals surface area contributed by atoms with Gasteiger partial charge in [-0.3, -0.25) is 14.6 Å². The van der Waals surface area contributed by atoms with Gasteiger partial charge in [-0.2, -0.15) is 0 Å². The number of aliphatic imine (C=N–C) groups is 1. The van der Waals surface area contributed by atoms with Crippen LogP contribution in [0.15, 0.2) is 82.7 Å². The van der Waals surface area contributed by atoms with E-state index in [0.717, 1.165) is 27.5 Å². The van der Waals surface area contributed by atoms with Crippen LogP contribution in [0, 0.1) is 0 Å². The Morgan fingerprint density at radius 1 is 1.05 bits per heavy atom. The van der Waals surface area contributed by atoms with Crippen molar-refractivity contribution in [1.82, 2.24) is 5.32 Å². The molecule has 9 heteroatoms. The molecule has 0 fully saturated rings. The summed E-state index contributed by atoms with van der Waals surface area (Å²) in [4.78, 5) is 30.4. The first kappa shape index (κ1) is 28.0. The molecule has 0 spiro atoms. The molecule has 39 heavy (non-hydrogen) atoms. The molecule has 1 aliphatic heterocycles. The summed E-state index contributed by atoms with van der Waals surface area (Å²) >= 11 is 1.68. The molecule has 0 saturated heterocycles. The van der Waals surface area contributed by atoms with Gasteiger partial charge in [0.2, 0.25) is 0 Å². The maximum Gasteiger partial charge on any atom is 0.313 e. The van der Waals surface area contributed by atoms with E-state index in [9.17, 15) is 9.59 Å². The zero-order chi connectivity index (χ0) is 27.7. The van der Waals surface area contributed by atoms with Gasteiger partial charge >= 0.3 is 11.8 Å². The van der Waals surface area contributed by atoms with E-state index in [4.69, 9.17) is 14.2 Å². The van der Waals surface area contributed by atoms with Crippen molar-refractivity contribution in [3.05, 3.63) is 83.9 Å². The van der Waals surface area contributed by atoms with E-state index >= 15 is 0 Å². The Morgan fingerprint density at radius 3 is 2.51 bits per heavy atom. The number of hydrogen-bond acceptors (Lipinski definition) is 7. The van der Waals surface area contributed by atoms with Crippen LogP contribution in [-0.2, 0) is 20.9 Å². The van der Waals surface area contributed by atoms with Gasteiger partial charge in [0, 0.05) is 33.5 Å². The SMILES string of the molecule is COc1cc(NC(=O)C(=O)NC(C)(C)CCSc2ccc(OCc3ccccc3)cc2)ccc1C1CN=CO1. The minimum Gasteiger partial charge on any atom is -0.496 e. The number of benzene rings is 3. The molecule has 1 heterocycles. The largest absolute Gasteiger partial charge is 0.496 e. The van der Waals surface area contributed by atoms with E-state index in [-0.39, 0.29) is 6.10 Å². The molecule has 8 nitrogen and oxygen atoms in total. The second kappa shape index (κ2) is 13.2. The number of rotatable bonds is 11. The molecule has 1 unspecified atom stereocenters. The van der Waals surface area contributed by atoms with E-state index in [1.807, 2.05) is 68.4 Å². The maximum absolute atomic E-state index is 12.6. The Balaban J connectivity index is 1.21. The maximum atomic E-state index is 12.6. The monoisotopic (exact) mass is 547 g/mol. The van der Waals surface area contributed by atoms with E-state index in [0.29, 0.717) is 31.0 Å². The molecule has 1 aliphatic rings. The zero-order valence-corrected chi connectivity index (χ0v) is 23.1. The molecule has 2 N–H and O–H groups in total. The Bertz CT molecular complexity index is 1290. The normalized spacial score (nSPS) is 14.4. The van der Waals surface area contributed by atoms with Crippen LogP contribution in [0.4, 0.5) is 5.69 Å². The summed E-state index contributed by atoms with van der Waals surface area (Å²) in [6, 6.07) is 23.2. The predicted molar refractivity (Wildman–Crippen MR) is 154 cm³/mol. The predicted octanol–water partition coefficient (Wildman–Crippen LogP) is 5.39. The van der Waals surface area contributed by atoms with Crippen LogP contribution in [0.5, 0.6) is 11.5 Å². The number of thioether (sulfide) groups is 1. The van der Waals surface area contributed by atoms with Gasteiger partial charge in [-0.25, -0.2) is 0 Å². The third-order valence-corrected chi connectivity index (χ3v) is 7.15. The fourth-order valence-electron chi connectivity index (χ4n) is 3.94. The number of nitrogens with one attached hydrogen (secondary N) is 2. The number of methoxy groups -OCH3 is 1. The summed E-state index contributed by atoms with van der Waals surface area (Å²) < 4.78 is 16.7. The van der Waals surface area contributed by atoms with E-state index in [1.165, 1.54) is 6.40 Å². The van der Waals surface area contributed by atoms with Crippen LogP contribution in [0.25, 0.3) is 0 Å². The first-order valence-electron chi connectivity index (χ1n) is 12.7. The van der Waals surface area contributed by atoms with Gasteiger partial charge in [0.25, 0.3) is 0 Å². The molecule has 0 aliphatic carbocycles. The number of anilines is 1. The molecule has 0 saturated carbocycles. The molecular weight excluding hydrogens is 514 g/mol. The van der Waals surface area contributed by atoms with Crippen LogP contribution >= 0.6 is 11.8 Å². The molecular formula is C30H33N3O5S. The van der Waals surface area contributed by atoms with Crippen molar-refractivity contribution in [3.63, 3.8) is 0 Å². The van der Waals surface area contributed by atoms with Crippen LogP contribution in [0.3, 0.4) is 0 Å². The summed E-state index contributed by atoms with van der Waals surface area (Å²) in [7, 11) is 1.54. The molecule has 204 valence electrons. The van der Waals surface area contributed by atoms with Crippen molar-refractivity contribution in [1.29, 1.82) is 0 Å². The lowest BCUT2D eigenvalue weighted by Crippen LogP contribution is -2.48. The van der Waals surface area contributed by atoms with Gasteiger partial charge in [-0.1, -0.05) is 30.3 Å². The summed E-state index contributed by atoms with van der Waals surface area (Å²) in [6.45, 7) is 4.84. The summed E-state index contributed by atoms with van der Waals surface area (Å²) in [6.07, 6.45) is 1.87. The quantitative estimate of drug-likeness (QED) is 0.247. The molecule has 0 bridgehead atoms. The van der Waals surface area contributed by atoms with Gasteiger partial charge in [0.1, 0.15) is 24.2 Å². The van der Waals surface area contributed by atoms with Crippen LogP contribution in [0.2, 0.25) is 0 Å².